The highest BCUT2D eigenvalue weighted by Crippen LogP contribution is 2.62. The molecule has 0 bridgehead atoms. The van der Waals surface area contributed by atoms with Gasteiger partial charge >= 0.3 is 7.75 Å². The molecule has 2 saturated heterocycles. The summed E-state index contributed by atoms with van der Waals surface area (Å²) in [5, 5.41) is 0. The summed E-state index contributed by atoms with van der Waals surface area (Å²) >= 11 is 0. The third-order valence-electron chi connectivity index (χ3n) is 6.71. The Morgan fingerprint density at radius 1 is 0.943 bits per heavy atom. The van der Waals surface area contributed by atoms with Crippen molar-refractivity contribution in [1.29, 1.82) is 0 Å². The number of allylic oxidation sites excluding steroid dienone is 1. The van der Waals surface area contributed by atoms with Crippen molar-refractivity contribution in [2.75, 3.05) is 18.1 Å². The lowest BCUT2D eigenvalue weighted by Crippen LogP contribution is -2.66. The fourth-order valence-electron chi connectivity index (χ4n) is 5.02. The van der Waals surface area contributed by atoms with Crippen molar-refractivity contribution in [2.45, 2.75) is 31.7 Å². The minimum Gasteiger partial charge on any atom is -0.320 e. The van der Waals surface area contributed by atoms with Gasteiger partial charge in [-0.2, -0.15) is 4.76 Å². The Kier molecular flexibility index (Phi) is 6.27. The first-order valence-electron chi connectivity index (χ1n) is 11.9. The first-order valence-corrected chi connectivity index (χ1v) is 13.4. The fourth-order valence-corrected chi connectivity index (χ4v) is 6.74. The van der Waals surface area contributed by atoms with E-state index in [0.717, 1.165) is 16.8 Å². The molecule has 0 aromatic heterocycles. The number of para-hydroxylation sites is 1. The number of hydrogen-bond donors (Lipinski definition) is 0. The summed E-state index contributed by atoms with van der Waals surface area (Å²) in [5.74, 6) is 0.673. The lowest BCUT2D eigenvalue weighted by atomic mass is 9.61. The Hall–Kier alpha value is -2.98. The maximum atomic E-state index is 13.8. The van der Waals surface area contributed by atoms with Gasteiger partial charge in [0.15, 0.2) is 0 Å². The maximum Gasteiger partial charge on any atom is 0.455 e. The number of rotatable bonds is 6. The Morgan fingerprint density at radius 3 is 2.06 bits per heavy atom. The Labute approximate surface area is 207 Å². The van der Waals surface area contributed by atoms with E-state index in [2.05, 4.69) is 60.0 Å². The zero-order valence-corrected chi connectivity index (χ0v) is 21.1. The molecule has 5 nitrogen and oxygen atoms in total. The second-order valence-electron chi connectivity index (χ2n) is 9.95. The van der Waals surface area contributed by atoms with Crippen LogP contribution in [0.15, 0.2) is 108 Å². The van der Waals surface area contributed by atoms with E-state index in [1.165, 1.54) is 0 Å². The van der Waals surface area contributed by atoms with Crippen LogP contribution in [0.4, 0.5) is 5.69 Å². The normalized spacial score (nSPS) is 26.2. The van der Waals surface area contributed by atoms with Crippen LogP contribution >= 0.6 is 7.75 Å². The molecule has 5 rings (SSSR count). The third-order valence-corrected chi connectivity index (χ3v) is 8.06. The molecular formula is C29H31N2O3P. The molecule has 2 atom stereocenters. The number of hydrogen-bond acceptors (Lipinski definition) is 3. The average Bonchev–Trinajstić information content (AvgIpc) is 2.88. The van der Waals surface area contributed by atoms with E-state index in [1.54, 1.807) is 0 Å². The lowest BCUT2D eigenvalue weighted by Gasteiger charge is -2.59. The van der Waals surface area contributed by atoms with Crippen molar-refractivity contribution < 1.29 is 13.6 Å². The third kappa shape index (κ3) is 4.29. The largest absolute Gasteiger partial charge is 0.455 e. The molecule has 0 amide bonds. The number of benzene rings is 3. The minimum atomic E-state index is -3.70. The van der Waals surface area contributed by atoms with E-state index in [0.29, 0.717) is 25.5 Å². The first-order chi connectivity index (χ1) is 16.9. The molecule has 0 N–H and O–H groups in total. The molecule has 0 spiro atoms. The van der Waals surface area contributed by atoms with Gasteiger partial charge in [-0.3, -0.25) is 9.05 Å². The molecule has 0 radical (unpaired) electrons. The van der Waals surface area contributed by atoms with E-state index < -0.39 is 13.2 Å². The molecule has 180 valence electrons. The van der Waals surface area contributed by atoms with Gasteiger partial charge in [0.2, 0.25) is 0 Å². The molecular weight excluding hydrogens is 455 g/mol. The highest BCUT2D eigenvalue weighted by molar-refractivity contribution is 7.52. The molecule has 2 aliphatic heterocycles. The lowest BCUT2D eigenvalue weighted by molar-refractivity contribution is 0.0416. The molecule has 35 heavy (non-hydrogen) atoms. The minimum absolute atomic E-state index is 0.0851. The average molecular weight is 487 g/mol. The van der Waals surface area contributed by atoms with Gasteiger partial charge in [0.25, 0.3) is 0 Å². The van der Waals surface area contributed by atoms with Crippen LogP contribution in [0.25, 0.3) is 0 Å². The van der Waals surface area contributed by atoms with Crippen LogP contribution in [0.1, 0.15) is 37.4 Å². The van der Waals surface area contributed by atoms with E-state index in [1.807, 2.05) is 62.4 Å². The molecule has 3 aromatic carbocycles. The van der Waals surface area contributed by atoms with Crippen molar-refractivity contribution in [1.82, 2.24) is 0 Å². The van der Waals surface area contributed by atoms with Crippen LogP contribution in [-0.2, 0) is 19.0 Å². The SMILES string of the molecule is C=CC[C@@]1(c2ccccc2)/C(=N\P2(=O)OCC(C)(C)CO2)N(c2ccccc2)[C@@H]1c1ccccc1. The van der Waals surface area contributed by atoms with E-state index >= 15 is 0 Å². The van der Waals surface area contributed by atoms with Gasteiger partial charge in [-0.1, -0.05) is 98.8 Å². The predicted molar refractivity (Wildman–Crippen MR) is 142 cm³/mol. The first kappa shape index (κ1) is 23.7. The molecule has 0 aliphatic carbocycles. The monoisotopic (exact) mass is 486 g/mol. The topological polar surface area (TPSA) is 51.1 Å². The zero-order valence-electron chi connectivity index (χ0n) is 20.2. The van der Waals surface area contributed by atoms with Crippen LogP contribution in [-0.4, -0.2) is 19.0 Å². The highest BCUT2D eigenvalue weighted by Gasteiger charge is 2.61. The van der Waals surface area contributed by atoms with Gasteiger partial charge < -0.3 is 4.90 Å². The van der Waals surface area contributed by atoms with Gasteiger partial charge in [-0.05, 0) is 29.7 Å². The van der Waals surface area contributed by atoms with Crippen molar-refractivity contribution >= 4 is 19.3 Å². The number of nitrogens with zero attached hydrogens (tertiary/aromatic N) is 2. The van der Waals surface area contributed by atoms with Crippen molar-refractivity contribution in [3.8, 4) is 0 Å². The summed E-state index contributed by atoms with van der Waals surface area (Å²) in [6.07, 6.45) is 2.53. The molecule has 2 fully saturated rings. The molecule has 2 aliphatic rings. The summed E-state index contributed by atoms with van der Waals surface area (Å²) in [6.45, 7) is 8.80. The number of anilines is 1. The van der Waals surface area contributed by atoms with E-state index in [4.69, 9.17) is 13.8 Å². The summed E-state index contributed by atoms with van der Waals surface area (Å²) in [7, 11) is -3.70. The smallest absolute Gasteiger partial charge is 0.320 e. The second-order valence-corrected chi connectivity index (χ2v) is 11.6. The molecule has 2 heterocycles. The predicted octanol–water partition coefficient (Wildman–Crippen LogP) is 7.34. The quantitative estimate of drug-likeness (QED) is 0.270. The zero-order chi connectivity index (χ0) is 24.5. The van der Waals surface area contributed by atoms with Crippen molar-refractivity contribution in [2.24, 2.45) is 10.2 Å². The molecule has 3 aromatic rings. The van der Waals surface area contributed by atoms with Crippen LogP contribution in [0.5, 0.6) is 0 Å². The van der Waals surface area contributed by atoms with E-state index in [-0.39, 0.29) is 11.5 Å². The maximum absolute atomic E-state index is 13.8. The van der Waals surface area contributed by atoms with Crippen LogP contribution in [0.3, 0.4) is 0 Å². The van der Waals surface area contributed by atoms with E-state index in [9.17, 15) is 4.57 Å². The van der Waals surface area contributed by atoms with Crippen molar-refractivity contribution in [3.63, 3.8) is 0 Å². The summed E-state index contributed by atoms with van der Waals surface area (Å²) in [6, 6.07) is 30.7. The van der Waals surface area contributed by atoms with Gasteiger partial charge in [0.1, 0.15) is 5.84 Å². The molecule has 0 saturated carbocycles. The van der Waals surface area contributed by atoms with Crippen molar-refractivity contribution in [3.05, 3.63) is 115 Å². The fraction of sp³-hybridized carbons (Fsp3) is 0.276. The molecule has 0 unspecified atom stereocenters. The summed E-state index contributed by atoms with van der Waals surface area (Å²) in [5.41, 5.74) is 2.41. The van der Waals surface area contributed by atoms with Crippen LogP contribution in [0, 0.1) is 5.41 Å². The van der Waals surface area contributed by atoms with Gasteiger partial charge in [-0.15, -0.1) is 6.58 Å². The Morgan fingerprint density at radius 2 is 1.49 bits per heavy atom. The summed E-state index contributed by atoms with van der Waals surface area (Å²) in [4.78, 5) is 2.16. The number of amidine groups is 1. The highest BCUT2D eigenvalue weighted by atomic mass is 31.2. The standard InChI is InChI=1S/C29H31N2O3P/c1-4-20-29(24-16-10-6-11-17-24)26(23-14-8-5-9-15-23)31(25-18-12-7-13-19-25)27(29)30-35(32)33-21-28(2,3)22-34-35/h4-19,26H,1,20-22H2,2-3H3/b30-27+/t26-,29+/m1/s1. The Balaban J connectivity index is 1.73. The summed E-state index contributed by atoms with van der Waals surface area (Å²) < 4.78 is 30.2. The van der Waals surface area contributed by atoms with Gasteiger partial charge in [0, 0.05) is 11.1 Å². The van der Waals surface area contributed by atoms with Crippen LogP contribution < -0.4 is 4.90 Å². The van der Waals surface area contributed by atoms with Gasteiger partial charge in [0.05, 0.1) is 24.7 Å². The Bertz CT molecular complexity index is 1250. The van der Waals surface area contributed by atoms with Crippen LogP contribution in [0.2, 0.25) is 0 Å². The van der Waals surface area contributed by atoms with Gasteiger partial charge in [-0.25, -0.2) is 4.57 Å². The second kappa shape index (κ2) is 9.23. The molecule has 6 heteroatoms.